The number of rotatable bonds is 8. The molecule has 3 N–H and O–H groups in total. The van der Waals surface area contributed by atoms with E-state index in [1.807, 2.05) is 6.92 Å². The van der Waals surface area contributed by atoms with Crippen molar-refractivity contribution in [2.45, 2.75) is 13.3 Å². The van der Waals surface area contributed by atoms with Crippen LogP contribution < -0.4 is 10.5 Å². The molecule has 7 heteroatoms. The molecule has 0 heterocycles. The molecule has 0 amide bonds. The fourth-order valence-corrected chi connectivity index (χ4v) is 1.71. The smallest absolute Gasteiger partial charge is 0.213 e. The van der Waals surface area contributed by atoms with Crippen LogP contribution in [-0.4, -0.2) is 38.9 Å². The normalized spacial score (nSPS) is 11.5. The lowest BCUT2D eigenvalue weighted by Crippen LogP contribution is -2.31. The Labute approximate surface area is 90.1 Å². The number of ether oxygens (including phenoxy) is 1. The average molecular weight is 240 g/mol. The Morgan fingerprint density at radius 1 is 1.57 bits per heavy atom. The molecule has 0 aliphatic rings. The van der Waals surface area contributed by atoms with E-state index in [0.717, 1.165) is 0 Å². The van der Waals surface area contributed by atoms with Crippen molar-refractivity contribution in [2.24, 2.45) is 5.73 Å². The van der Waals surface area contributed by atoms with Crippen molar-refractivity contribution in [3.05, 3.63) is 0 Å². The largest absolute Gasteiger partial charge is 0.393 e. The van der Waals surface area contributed by atoms with Crippen LogP contribution in [0.4, 0.5) is 0 Å². The van der Waals surface area contributed by atoms with Crippen LogP contribution in [0.25, 0.3) is 0 Å². The molecule has 0 rings (SSSR count). The molecule has 0 saturated carbocycles. The van der Waals surface area contributed by atoms with Crippen molar-refractivity contribution >= 4 is 27.2 Å². The Kier molecular flexibility index (Phi) is 6.98. The summed E-state index contributed by atoms with van der Waals surface area (Å²) >= 11 is 4.61. The van der Waals surface area contributed by atoms with E-state index < -0.39 is 10.0 Å². The van der Waals surface area contributed by atoms with Gasteiger partial charge < -0.3 is 10.5 Å². The number of hydrogen-bond acceptors (Lipinski definition) is 4. The Balaban J connectivity index is 3.67. The summed E-state index contributed by atoms with van der Waals surface area (Å²) in [4.78, 5) is 0.303. The van der Waals surface area contributed by atoms with Gasteiger partial charge in [-0.3, -0.25) is 0 Å². The lowest BCUT2D eigenvalue weighted by molar-refractivity contribution is 0.163. The van der Waals surface area contributed by atoms with Gasteiger partial charge in [0.25, 0.3) is 0 Å². The van der Waals surface area contributed by atoms with E-state index in [0.29, 0.717) is 18.0 Å². The average Bonchev–Trinajstić information content (AvgIpc) is 2.03. The second-order valence-corrected chi connectivity index (χ2v) is 5.08. The third-order valence-electron chi connectivity index (χ3n) is 1.39. The molecule has 14 heavy (non-hydrogen) atoms. The second kappa shape index (κ2) is 7.10. The minimum atomic E-state index is -3.24. The molecule has 5 nitrogen and oxygen atoms in total. The van der Waals surface area contributed by atoms with Gasteiger partial charge in [0.1, 0.15) is 0 Å². The Hall–Kier alpha value is -0.240. The van der Waals surface area contributed by atoms with Gasteiger partial charge in [-0.05, 0) is 6.92 Å². The second-order valence-electron chi connectivity index (χ2n) is 2.63. The molecule has 0 aromatic carbocycles. The Morgan fingerprint density at radius 2 is 2.21 bits per heavy atom. The highest BCUT2D eigenvalue weighted by Gasteiger charge is 2.08. The van der Waals surface area contributed by atoms with Gasteiger partial charge in [-0.1, -0.05) is 12.2 Å². The van der Waals surface area contributed by atoms with Gasteiger partial charge in [0.05, 0.1) is 17.3 Å². The van der Waals surface area contributed by atoms with Crippen LogP contribution in [0.5, 0.6) is 0 Å². The predicted molar refractivity (Wildman–Crippen MR) is 59.7 cm³/mol. The number of sulfonamides is 1. The van der Waals surface area contributed by atoms with Crippen LogP contribution in [0, 0.1) is 0 Å². The van der Waals surface area contributed by atoms with E-state index >= 15 is 0 Å². The van der Waals surface area contributed by atoms with Gasteiger partial charge in [-0.2, -0.15) is 0 Å². The van der Waals surface area contributed by atoms with E-state index in [-0.39, 0.29) is 18.9 Å². The fourth-order valence-electron chi connectivity index (χ4n) is 0.715. The van der Waals surface area contributed by atoms with Crippen molar-refractivity contribution < 1.29 is 13.2 Å². The Morgan fingerprint density at radius 3 is 2.71 bits per heavy atom. The number of nitrogens with one attached hydrogen (secondary N) is 1. The lowest BCUT2D eigenvalue weighted by Gasteiger charge is -2.05. The molecule has 0 fully saturated rings. The van der Waals surface area contributed by atoms with E-state index in [1.165, 1.54) is 0 Å². The van der Waals surface area contributed by atoms with Crippen LogP contribution in [0.3, 0.4) is 0 Å². The minimum absolute atomic E-state index is 0.0296. The van der Waals surface area contributed by atoms with Gasteiger partial charge in [0.15, 0.2) is 0 Å². The fraction of sp³-hybridized carbons (Fsp3) is 0.857. The maximum Gasteiger partial charge on any atom is 0.213 e. The molecule has 0 unspecified atom stereocenters. The first-order chi connectivity index (χ1) is 6.48. The van der Waals surface area contributed by atoms with Crippen LogP contribution in [0.15, 0.2) is 0 Å². The summed E-state index contributed by atoms with van der Waals surface area (Å²) < 4.78 is 29.7. The van der Waals surface area contributed by atoms with Crippen LogP contribution in [0.2, 0.25) is 0 Å². The molecule has 0 bridgehead atoms. The highest BCUT2D eigenvalue weighted by atomic mass is 32.2. The molecule has 84 valence electrons. The first-order valence-corrected chi connectivity index (χ1v) is 6.37. The molecular weight excluding hydrogens is 224 g/mol. The monoisotopic (exact) mass is 240 g/mol. The zero-order valence-electron chi connectivity index (χ0n) is 8.15. The topological polar surface area (TPSA) is 81.4 Å². The number of thiocarbonyl (C=S) groups is 1. The first kappa shape index (κ1) is 13.8. The summed E-state index contributed by atoms with van der Waals surface area (Å²) in [5, 5.41) is 0. The molecule has 0 aromatic rings. The van der Waals surface area contributed by atoms with Crippen molar-refractivity contribution in [3.63, 3.8) is 0 Å². The van der Waals surface area contributed by atoms with Gasteiger partial charge in [-0.25, -0.2) is 13.1 Å². The Bertz CT molecular complexity index is 264. The molecule has 0 saturated heterocycles. The standard InChI is InChI=1S/C7H16N2O3S2/c1-2-12-5-6-14(10,11)9-4-3-7(8)13/h9H,2-6H2,1H3,(H2,8,13). The van der Waals surface area contributed by atoms with E-state index in [4.69, 9.17) is 10.5 Å². The van der Waals surface area contributed by atoms with Crippen LogP contribution in [-0.2, 0) is 14.8 Å². The van der Waals surface area contributed by atoms with Crippen molar-refractivity contribution in [3.8, 4) is 0 Å². The van der Waals surface area contributed by atoms with Crippen molar-refractivity contribution in [2.75, 3.05) is 25.5 Å². The summed E-state index contributed by atoms with van der Waals surface area (Å²) in [6.07, 6.45) is 0.378. The van der Waals surface area contributed by atoms with Crippen LogP contribution in [0.1, 0.15) is 13.3 Å². The number of nitrogens with two attached hydrogens (primary N) is 1. The predicted octanol–water partition coefficient (Wildman–Crippen LogP) is -0.381. The highest BCUT2D eigenvalue weighted by Crippen LogP contribution is 1.87. The summed E-state index contributed by atoms with van der Waals surface area (Å²) in [7, 11) is -3.24. The first-order valence-electron chi connectivity index (χ1n) is 4.31. The quantitative estimate of drug-likeness (QED) is 0.446. The van der Waals surface area contributed by atoms with Gasteiger partial charge in [-0.15, -0.1) is 0 Å². The van der Waals surface area contributed by atoms with Crippen LogP contribution >= 0.6 is 12.2 Å². The van der Waals surface area contributed by atoms with E-state index in [2.05, 4.69) is 16.9 Å². The van der Waals surface area contributed by atoms with E-state index in [9.17, 15) is 8.42 Å². The van der Waals surface area contributed by atoms with E-state index in [1.54, 1.807) is 0 Å². The third kappa shape index (κ3) is 8.36. The summed E-state index contributed by atoms with van der Waals surface area (Å²) in [6, 6.07) is 0. The maximum atomic E-state index is 11.2. The summed E-state index contributed by atoms with van der Waals surface area (Å²) in [6.45, 7) is 2.79. The summed E-state index contributed by atoms with van der Waals surface area (Å²) in [5.74, 6) is -0.0296. The van der Waals surface area contributed by atoms with Crippen molar-refractivity contribution in [1.29, 1.82) is 0 Å². The van der Waals surface area contributed by atoms with Gasteiger partial charge >= 0.3 is 0 Å². The zero-order valence-corrected chi connectivity index (χ0v) is 9.79. The molecule has 0 aliphatic carbocycles. The SMILES string of the molecule is CCOCCS(=O)(=O)NCCC(N)=S. The molecule has 0 spiro atoms. The highest BCUT2D eigenvalue weighted by molar-refractivity contribution is 7.89. The number of hydrogen-bond donors (Lipinski definition) is 2. The van der Waals surface area contributed by atoms with Gasteiger partial charge in [0.2, 0.25) is 10.0 Å². The third-order valence-corrected chi connectivity index (χ3v) is 2.95. The lowest BCUT2D eigenvalue weighted by atomic mass is 10.4. The molecular formula is C7H16N2O3S2. The molecule has 0 aromatic heterocycles. The molecule has 0 atom stereocenters. The summed E-state index contributed by atoms with van der Waals surface area (Å²) in [5.41, 5.74) is 5.22. The molecule has 0 radical (unpaired) electrons. The maximum absolute atomic E-state index is 11.2. The van der Waals surface area contributed by atoms with Crippen molar-refractivity contribution in [1.82, 2.24) is 4.72 Å². The zero-order chi connectivity index (χ0) is 11.0. The van der Waals surface area contributed by atoms with Gasteiger partial charge in [0, 0.05) is 19.6 Å². The molecule has 0 aliphatic heterocycles. The minimum Gasteiger partial charge on any atom is -0.393 e.